The zero-order valence-electron chi connectivity index (χ0n) is 17.3. The fourth-order valence-electron chi connectivity index (χ4n) is 3.13. The average molecular weight is 557 g/mol. The van der Waals surface area contributed by atoms with Gasteiger partial charge in [-0.2, -0.15) is 13.2 Å². The summed E-state index contributed by atoms with van der Waals surface area (Å²) in [4.78, 5) is 26.8. The molecule has 10 heteroatoms. The molecule has 1 aliphatic heterocycles. The van der Waals surface area contributed by atoms with E-state index in [2.05, 4.69) is 21.2 Å². The number of nitrogens with zero attached hydrogens (tertiary/aromatic N) is 1. The largest absolute Gasteiger partial charge is 0.416 e. The van der Waals surface area contributed by atoms with E-state index >= 15 is 0 Å². The minimum absolute atomic E-state index is 0.116. The lowest BCUT2D eigenvalue weighted by Crippen LogP contribution is -2.29. The first-order chi connectivity index (χ1) is 15.6. The SMILES string of the molecule is O=C(CCCCCN1C(=O)/C(=C/c2ccc(Br)cc2)SC1=S)Nc1cccc(C(F)(F)F)c1. The third-order valence-corrected chi connectivity index (χ3v) is 6.71. The van der Waals surface area contributed by atoms with Crippen molar-refractivity contribution in [3.8, 4) is 0 Å². The Kier molecular flexibility index (Phi) is 8.72. The number of thiocarbonyl (C=S) groups is 1. The van der Waals surface area contributed by atoms with Crippen molar-refractivity contribution in [3.63, 3.8) is 0 Å². The van der Waals surface area contributed by atoms with Crippen LogP contribution in [0.25, 0.3) is 6.08 Å². The van der Waals surface area contributed by atoms with E-state index in [-0.39, 0.29) is 23.9 Å². The van der Waals surface area contributed by atoms with E-state index in [1.165, 1.54) is 23.9 Å². The molecule has 174 valence electrons. The summed E-state index contributed by atoms with van der Waals surface area (Å²) in [5.74, 6) is -0.479. The number of carbonyl (C=O) groups is 2. The molecule has 0 spiro atoms. The van der Waals surface area contributed by atoms with Gasteiger partial charge in [0, 0.05) is 23.1 Å². The molecule has 33 heavy (non-hydrogen) atoms. The fraction of sp³-hybridized carbons (Fsp3) is 0.261. The number of unbranched alkanes of at least 4 members (excludes halogenated alkanes) is 2. The van der Waals surface area contributed by atoms with E-state index in [0.717, 1.165) is 22.2 Å². The number of amides is 2. The maximum absolute atomic E-state index is 12.8. The second kappa shape index (κ2) is 11.3. The molecule has 0 bridgehead atoms. The maximum Gasteiger partial charge on any atom is 0.416 e. The lowest BCUT2D eigenvalue weighted by Gasteiger charge is -2.14. The molecule has 1 saturated heterocycles. The quantitative estimate of drug-likeness (QED) is 0.219. The monoisotopic (exact) mass is 556 g/mol. The highest BCUT2D eigenvalue weighted by atomic mass is 79.9. The smallest absolute Gasteiger partial charge is 0.326 e. The topological polar surface area (TPSA) is 49.4 Å². The predicted octanol–water partition coefficient (Wildman–Crippen LogP) is 6.87. The Bertz CT molecular complexity index is 1070. The molecular formula is C23H20BrF3N2O2S2. The van der Waals surface area contributed by atoms with Crippen molar-refractivity contribution < 1.29 is 22.8 Å². The lowest BCUT2D eigenvalue weighted by atomic mass is 10.1. The van der Waals surface area contributed by atoms with Crippen molar-refractivity contribution in [1.29, 1.82) is 0 Å². The van der Waals surface area contributed by atoms with Crippen LogP contribution in [0.3, 0.4) is 0 Å². The summed E-state index contributed by atoms with van der Waals surface area (Å²) in [6.45, 7) is 0.456. The number of rotatable bonds is 8. The van der Waals surface area contributed by atoms with E-state index in [0.29, 0.717) is 35.0 Å². The first-order valence-electron chi connectivity index (χ1n) is 10.1. The predicted molar refractivity (Wildman–Crippen MR) is 133 cm³/mol. The van der Waals surface area contributed by atoms with Crippen molar-refractivity contribution in [1.82, 2.24) is 4.90 Å². The van der Waals surface area contributed by atoms with Gasteiger partial charge in [0.1, 0.15) is 4.32 Å². The molecule has 0 radical (unpaired) electrons. The van der Waals surface area contributed by atoms with Gasteiger partial charge in [0.15, 0.2) is 0 Å². The number of hydrogen-bond donors (Lipinski definition) is 1. The van der Waals surface area contributed by atoms with Crippen LogP contribution in [0.5, 0.6) is 0 Å². The van der Waals surface area contributed by atoms with E-state index in [1.54, 1.807) is 4.90 Å². The number of carbonyl (C=O) groups excluding carboxylic acids is 2. The van der Waals surface area contributed by atoms with Crippen LogP contribution in [0.4, 0.5) is 18.9 Å². The third-order valence-electron chi connectivity index (χ3n) is 4.80. The summed E-state index contributed by atoms with van der Waals surface area (Å²) >= 11 is 9.98. The summed E-state index contributed by atoms with van der Waals surface area (Å²) in [5, 5.41) is 2.49. The van der Waals surface area contributed by atoms with E-state index in [9.17, 15) is 22.8 Å². The number of hydrogen-bond acceptors (Lipinski definition) is 4. The Labute approximate surface area is 207 Å². The molecule has 0 aliphatic carbocycles. The van der Waals surface area contributed by atoms with Gasteiger partial charge >= 0.3 is 6.18 Å². The van der Waals surface area contributed by atoms with Crippen molar-refractivity contribution in [3.05, 3.63) is 69.0 Å². The van der Waals surface area contributed by atoms with Crippen LogP contribution in [0.1, 0.15) is 36.8 Å². The molecule has 1 N–H and O–H groups in total. The minimum Gasteiger partial charge on any atom is -0.326 e. The Morgan fingerprint density at radius 3 is 2.55 bits per heavy atom. The van der Waals surface area contributed by atoms with Crippen LogP contribution >= 0.6 is 39.9 Å². The van der Waals surface area contributed by atoms with Crippen LogP contribution in [0.15, 0.2) is 57.9 Å². The molecule has 2 aromatic carbocycles. The molecular weight excluding hydrogens is 537 g/mol. The maximum atomic E-state index is 12.8. The fourth-order valence-corrected chi connectivity index (χ4v) is 4.71. The molecule has 0 aromatic heterocycles. The van der Waals surface area contributed by atoms with Crippen LogP contribution in [0, 0.1) is 0 Å². The van der Waals surface area contributed by atoms with Gasteiger partial charge in [0.25, 0.3) is 5.91 Å². The Morgan fingerprint density at radius 1 is 1.12 bits per heavy atom. The number of benzene rings is 2. The Morgan fingerprint density at radius 2 is 1.85 bits per heavy atom. The van der Waals surface area contributed by atoms with Gasteiger partial charge in [-0.05, 0) is 54.8 Å². The number of halogens is 4. The molecule has 0 unspecified atom stereocenters. The molecule has 0 atom stereocenters. The van der Waals surface area contributed by atoms with E-state index in [1.807, 2.05) is 30.3 Å². The second-order valence-corrected chi connectivity index (χ2v) is 9.91. The van der Waals surface area contributed by atoms with Gasteiger partial charge in [-0.1, -0.05) is 64.5 Å². The summed E-state index contributed by atoms with van der Waals surface area (Å²) in [5.41, 5.74) is 0.216. The number of nitrogens with one attached hydrogen (secondary N) is 1. The Hall–Kier alpha value is -2.17. The van der Waals surface area contributed by atoms with Crippen molar-refractivity contribution in [2.24, 2.45) is 0 Å². The van der Waals surface area contributed by atoms with Crippen LogP contribution in [-0.2, 0) is 15.8 Å². The standard InChI is InChI=1S/C23H20BrF3N2O2S2/c24-17-10-8-15(9-11-17)13-19-21(31)29(22(32)33-19)12-3-1-2-7-20(30)28-18-6-4-5-16(14-18)23(25,26)27/h4-6,8-11,13-14H,1-3,7,12H2,(H,28,30)/b19-13-. The van der Waals surface area contributed by atoms with E-state index < -0.39 is 11.7 Å². The minimum atomic E-state index is -4.46. The van der Waals surface area contributed by atoms with Gasteiger partial charge in [-0.15, -0.1) is 0 Å². The molecule has 2 aromatic rings. The van der Waals surface area contributed by atoms with Gasteiger partial charge in [0.2, 0.25) is 5.91 Å². The van der Waals surface area contributed by atoms with Crippen molar-refractivity contribution in [2.45, 2.75) is 31.9 Å². The second-order valence-electron chi connectivity index (χ2n) is 7.32. The molecule has 1 aliphatic rings. The molecule has 1 fully saturated rings. The summed E-state index contributed by atoms with van der Waals surface area (Å²) in [6.07, 6.45) is -0.579. The molecule has 3 rings (SSSR count). The first-order valence-corrected chi connectivity index (χ1v) is 12.1. The average Bonchev–Trinajstić information content (AvgIpc) is 3.02. The zero-order valence-corrected chi connectivity index (χ0v) is 20.5. The van der Waals surface area contributed by atoms with Gasteiger partial charge in [-0.3, -0.25) is 14.5 Å². The summed E-state index contributed by atoms with van der Waals surface area (Å²) in [7, 11) is 0. The van der Waals surface area contributed by atoms with Crippen molar-refractivity contribution in [2.75, 3.05) is 11.9 Å². The molecule has 0 saturated carbocycles. The summed E-state index contributed by atoms with van der Waals surface area (Å²) < 4.78 is 39.8. The van der Waals surface area contributed by atoms with Crippen LogP contribution in [-0.4, -0.2) is 27.6 Å². The van der Waals surface area contributed by atoms with Crippen molar-refractivity contribution >= 4 is 67.8 Å². The highest BCUT2D eigenvalue weighted by Crippen LogP contribution is 2.33. The third kappa shape index (κ3) is 7.41. The normalized spacial score (nSPS) is 15.4. The highest BCUT2D eigenvalue weighted by Gasteiger charge is 2.32. The Balaban J connectivity index is 1.42. The summed E-state index contributed by atoms with van der Waals surface area (Å²) in [6, 6.07) is 12.1. The number of anilines is 1. The van der Waals surface area contributed by atoms with E-state index in [4.69, 9.17) is 12.2 Å². The molecule has 2 amide bonds. The van der Waals surface area contributed by atoms with Crippen LogP contribution in [0.2, 0.25) is 0 Å². The zero-order chi connectivity index (χ0) is 24.0. The molecule has 4 nitrogen and oxygen atoms in total. The lowest BCUT2D eigenvalue weighted by molar-refractivity contribution is -0.137. The highest BCUT2D eigenvalue weighted by molar-refractivity contribution is 9.10. The first kappa shape index (κ1) is 25.5. The van der Waals surface area contributed by atoms with Gasteiger partial charge in [-0.25, -0.2) is 0 Å². The number of thioether (sulfide) groups is 1. The number of alkyl halides is 3. The van der Waals surface area contributed by atoms with Gasteiger partial charge < -0.3 is 5.32 Å². The van der Waals surface area contributed by atoms with Crippen LogP contribution < -0.4 is 5.32 Å². The van der Waals surface area contributed by atoms with Gasteiger partial charge in [0.05, 0.1) is 10.5 Å². The molecule has 1 heterocycles.